The predicted octanol–water partition coefficient (Wildman–Crippen LogP) is 2.34. The second kappa shape index (κ2) is 4.49. The van der Waals surface area contributed by atoms with Gasteiger partial charge in [0, 0.05) is 16.6 Å². The van der Waals surface area contributed by atoms with Crippen molar-refractivity contribution in [3.05, 3.63) is 28.2 Å². The number of anilines is 1. The van der Waals surface area contributed by atoms with Crippen molar-refractivity contribution in [2.75, 3.05) is 4.90 Å². The number of carboxylic acid groups (broad SMARTS) is 1. The Morgan fingerprint density at radius 3 is 2.82 bits per heavy atom. The van der Waals surface area contributed by atoms with Crippen molar-refractivity contribution in [2.45, 2.75) is 25.8 Å². The molecule has 0 aliphatic carbocycles. The molecule has 1 aromatic rings. The molecule has 1 aliphatic heterocycles. The number of hydrogen-bond acceptors (Lipinski definition) is 2. The zero-order chi connectivity index (χ0) is 12.6. The number of nitrogens with zero attached hydrogens (tertiary/aromatic N) is 1. The molecule has 1 saturated heterocycles. The highest BCUT2D eigenvalue weighted by molar-refractivity contribution is 9.10. The first-order valence-electron chi connectivity index (χ1n) is 5.31. The average Bonchev–Trinajstić information content (AvgIpc) is 2.60. The molecule has 2 rings (SSSR count). The number of carbonyl (C=O) groups is 2. The molecule has 1 heterocycles. The highest BCUT2D eigenvalue weighted by Gasteiger charge is 2.37. The van der Waals surface area contributed by atoms with Gasteiger partial charge in [-0.2, -0.15) is 0 Å². The average molecular weight is 298 g/mol. The Morgan fingerprint density at radius 2 is 2.24 bits per heavy atom. The highest BCUT2D eigenvalue weighted by Crippen LogP contribution is 2.31. The largest absolute Gasteiger partial charge is 0.480 e. The molecule has 1 aliphatic rings. The summed E-state index contributed by atoms with van der Waals surface area (Å²) in [7, 11) is 0. The van der Waals surface area contributed by atoms with E-state index in [2.05, 4.69) is 15.9 Å². The van der Waals surface area contributed by atoms with E-state index >= 15 is 0 Å². The van der Waals surface area contributed by atoms with Crippen LogP contribution in [0.1, 0.15) is 18.4 Å². The van der Waals surface area contributed by atoms with Crippen molar-refractivity contribution in [3.8, 4) is 0 Å². The van der Waals surface area contributed by atoms with Crippen LogP contribution in [0.5, 0.6) is 0 Å². The van der Waals surface area contributed by atoms with Crippen molar-refractivity contribution in [1.82, 2.24) is 0 Å². The molecule has 0 spiro atoms. The summed E-state index contributed by atoms with van der Waals surface area (Å²) in [5.41, 5.74) is 1.57. The standard InChI is InChI=1S/C12H12BrNO3/c1-7-6-8(13)2-3-9(7)14-10(12(16)17)4-5-11(14)15/h2-3,6,10H,4-5H2,1H3,(H,16,17). The van der Waals surface area contributed by atoms with E-state index < -0.39 is 12.0 Å². The molecule has 1 N–H and O–H groups in total. The van der Waals surface area contributed by atoms with Crippen LogP contribution in [-0.4, -0.2) is 23.0 Å². The molecule has 1 unspecified atom stereocenters. The normalized spacial score (nSPS) is 19.8. The van der Waals surface area contributed by atoms with E-state index in [-0.39, 0.29) is 5.91 Å². The summed E-state index contributed by atoms with van der Waals surface area (Å²) in [6, 6.07) is 4.73. The maximum absolute atomic E-state index is 11.8. The number of hydrogen-bond donors (Lipinski definition) is 1. The van der Waals surface area contributed by atoms with E-state index in [0.717, 1.165) is 10.0 Å². The SMILES string of the molecule is Cc1cc(Br)ccc1N1C(=O)CCC1C(=O)O. The Bertz CT molecular complexity index is 487. The zero-order valence-corrected chi connectivity index (χ0v) is 10.9. The maximum atomic E-state index is 11.8. The molecule has 1 aromatic carbocycles. The van der Waals surface area contributed by atoms with Crippen molar-refractivity contribution in [3.63, 3.8) is 0 Å². The lowest BCUT2D eigenvalue weighted by atomic mass is 10.1. The molecule has 0 saturated carbocycles. The minimum Gasteiger partial charge on any atom is -0.480 e. The molecule has 0 aromatic heterocycles. The second-order valence-electron chi connectivity index (χ2n) is 4.09. The Hall–Kier alpha value is -1.36. The fourth-order valence-corrected chi connectivity index (χ4v) is 2.58. The summed E-state index contributed by atoms with van der Waals surface area (Å²) in [6.07, 6.45) is 0.677. The number of halogens is 1. The Morgan fingerprint density at radius 1 is 1.53 bits per heavy atom. The summed E-state index contributed by atoms with van der Waals surface area (Å²) in [4.78, 5) is 24.3. The quantitative estimate of drug-likeness (QED) is 0.911. The Labute approximate surface area is 107 Å². The van der Waals surface area contributed by atoms with E-state index in [1.165, 1.54) is 4.90 Å². The summed E-state index contributed by atoms with van der Waals surface area (Å²) >= 11 is 3.34. The van der Waals surface area contributed by atoms with Gasteiger partial charge in [0.2, 0.25) is 5.91 Å². The van der Waals surface area contributed by atoms with Crippen LogP contribution in [0.2, 0.25) is 0 Å². The molecule has 0 bridgehead atoms. The molecule has 5 heteroatoms. The number of amides is 1. The molecular weight excluding hydrogens is 286 g/mol. The van der Waals surface area contributed by atoms with Crippen molar-refractivity contribution in [2.24, 2.45) is 0 Å². The highest BCUT2D eigenvalue weighted by atomic mass is 79.9. The van der Waals surface area contributed by atoms with Crippen molar-refractivity contribution < 1.29 is 14.7 Å². The topological polar surface area (TPSA) is 57.6 Å². The number of benzene rings is 1. The molecule has 1 fully saturated rings. The lowest BCUT2D eigenvalue weighted by Crippen LogP contribution is -2.38. The molecule has 90 valence electrons. The van der Waals surface area contributed by atoms with Gasteiger partial charge >= 0.3 is 5.97 Å². The number of carbonyl (C=O) groups excluding carboxylic acids is 1. The Balaban J connectivity index is 2.43. The molecule has 1 atom stereocenters. The van der Waals surface area contributed by atoms with Gasteiger partial charge in [-0.25, -0.2) is 4.79 Å². The van der Waals surface area contributed by atoms with Crippen LogP contribution in [0, 0.1) is 6.92 Å². The third-order valence-electron chi connectivity index (χ3n) is 2.92. The van der Waals surface area contributed by atoms with Crippen LogP contribution in [0.3, 0.4) is 0 Å². The minimum atomic E-state index is -0.946. The fraction of sp³-hybridized carbons (Fsp3) is 0.333. The zero-order valence-electron chi connectivity index (χ0n) is 9.31. The molecule has 0 radical (unpaired) electrons. The van der Waals surface area contributed by atoms with Crippen LogP contribution in [0.15, 0.2) is 22.7 Å². The summed E-state index contributed by atoms with van der Waals surface area (Å²) in [6.45, 7) is 1.87. The second-order valence-corrected chi connectivity index (χ2v) is 5.00. The van der Waals surface area contributed by atoms with Gasteiger partial charge in [0.15, 0.2) is 0 Å². The minimum absolute atomic E-state index is 0.122. The number of aryl methyl sites for hydroxylation is 1. The lowest BCUT2D eigenvalue weighted by Gasteiger charge is -2.23. The van der Waals surface area contributed by atoms with E-state index in [1.807, 2.05) is 19.1 Å². The van der Waals surface area contributed by atoms with Gasteiger partial charge in [0.1, 0.15) is 6.04 Å². The molecular formula is C12H12BrNO3. The molecule has 17 heavy (non-hydrogen) atoms. The van der Waals surface area contributed by atoms with Gasteiger partial charge in [-0.1, -0.05) is 15.9 Å². The van der Waals surface area contributed by atoms with E-state index in [9.17, 15) is 9.59 Å². The monoisotopic (exact) mass is 297 g/mol. The third-order valence-corrected chi connectivity index (χ3v) is 3.41. The summed E-state index contributed by atoms with van der Waals surface area (Å²) < 4.78 is 0.914. The predicted molar refractivity (Wildman–Crippen MR) is 67.0 cm³/mol. The first-order valence-corrected chi connectivity index (χ1v) is 6.11. The van der Waals surface area contributed by atoms with E-state index in [0.29, 0.717) is 18.5 Å². The third kappa shape index (κ3) is 2.20. The number of aliphatic carboxylic acids is 1. The van der Waals surface area contributed by atoms with Crippen molar-refractivity contribution in [1.29, 1.82) is 0 Å². The number of carboxylic acids is 1. The van der Waals surface area contributed by atoms with Gasteiger partial charge < -0.3 is 5.11 Å². The van der Waals surface area contributed by atoms with Crippen LogP contribution >= 0.6 is 15.9 Å². The first kappa shape index (κ1) is 12.1. The van der Waals surface area contributed by atoms with Gasteiger partial charge in [-0.15, -0.1) is 0 Å². The van der Waals surface area contributed by atoms with E-state index in [4.69, 9.17) is 5.11 Å². The molecule has 1 amide bonds. The number of rotatable bonds is 2. The van der Waals surface area contributed by atoms with Gasteiger partial charge in [-0.05, 0) is 37.1 Å². The van der Waals surface area contributed by atoms with Crippen LogP contribution in [0.25, 0.3) is 0 Å². The summed E-state index contributed by atoms with van der Waals surface area (Å²) in [5.74, 6) is -1.07. The van der Waals surface area contributed by atoms with Crippen LogP contribution < -0.4 is 4.90 Å². The Kier molecular flexibility index (Phi) is 3.19. The van der Waals surface area contributed by atoms with Crippen LogP contribution in [0.4, 0.5) is 5.69 Å². The molecule has 4 nitrogen and oxygen atoms in total. The van der Waals surface area contributed by atoms with Gasteiger partial charge in [-0.3, -0.25) is 9.69 Å². The van der Waals surface area contributed by atoms with Crippen LogP contribution in [-0.2, 0) is 9.59 Å². The summed E-state index contributed by atoms with van der Waals surface area (Å²) in [5, 5.41) is 9.11. The first-order chi connectivity index (χ1) is 8.00. The maximum Gasteiger partial charge on any atom is 0.326 e. The smallest absolute Gasteiger partial charge is 0.326 e. The lowest BCUT2D eigenvalue weighted by molar-refractivity contribution is -0.138. The van der Waals surface area contributed by atoms with Crippen molar-refractivity contribution >= 4 is 33.5 Å². The van der Waals surface area contributed by atoms with Gasteiger partial charge in [0.25, 0.3) is 0 Å². The van der Waals surface area contributed by atoms with Gasteiger partial charge in [0.05, 0.1) is 0 Å². The van der Waals surface area contributed by atoms with E-state index in [1.54, 1.807) is 6.07 Å². The fourth-order valence-electron chi connectivity index (χ4n) is 2.11.